The molecule has 5 heteroatoms. The van der Waals surface area contributed by atoms with Crippen molar-refractivity contribution in [3.63, 3.8) is 0 Å². The van der Waals surface area contributed by atoms with Crippen LogP contribution >= 0.6 is 23.4 Å². The van der Waals surface area contributed by atoms with E-state index >= 15 is 0 Å². The van der Waals surface area contributed by atoms with E-state index < -0.39 is 11.7 Å². The summed E-state index contributed by atoms with van der Waals surface area (Å²) >= 11 is 7.49. The predicted octanol–water partition coefficient (Wildman–Crippen LogP) is 4.84. The highest BCUT2D eigenvalue weighted by Gasteiger charge is 2.16. The fraction of sp³-hybridized carbons (Fsp3) is 0.133. The quantitative estimate of drug-likeness (QED) is 0.818. The van der Waals surface area contributed by atoms with Crippen LogP contribution in [0.15, 0.2) is 47.4 Å². The Bertz CT molecular complexity index is 613. The number of benzene rings is 2. The van der Waals surface area contributed by atoms with Crippen LogP contribution in [0, 0.1) is 5.82 Å². The fourth-order valence-electron chi connectivity index (χ4n) is 1.75. The number of carbonyl (C=O) groups is 1. The molecule has 0 saturated carbocycles. The zero-order chi connectivity index (χ0) is 14.5. The maximum Gasteiger partial charge on any atom is 0.260 e. The molecular formula is C15H13ClFNOS. The van der Waals surface area contributed by atoms with Gasteiger partial charge in [0.05, 0.1) is 16.3 Å². The standard InChI is InChI=1S/C15H13ClFNOS/c1-2-20-13-9-4-3-8-12(13)18-15(19)14-10(16)6-5-7-11(14)17/h3-9H,2H2,1H3,(H,18,19). The molecule has 0 aliphatic carbocycles. The van der Waals surface area contributed by atoms with Gasteiger partial charge in [0.15, 0.2) is 0 Å². The van der Waals surface area contributed by atoms with Crippen molar-refractivity contribution in [2.24, 2.45) is 0 Å². The lowest BCUT2D eigenvalue weighted by Gasteiger charge is -2.11. The molecule has 2 nitrogen and oxygen atoms in total. The molecule has 0 saturated heterocycles. The van der Waals surface area contributed by atoms with Crippen molar-refractivity contribution >= 4 is 35.0 Å². The van der Waals surface area contributed by atoms with Crippen LogP contribution in [0.25, 0.3) is 0 Å². The third-order valence-electron chi connectivity index (χ3n) is 2.62. The van der Waals surface area contributed by atoms with E-state index in [1.165, 1.54) is 18.2 Å². The van der Waals surface area contributed by atoms with Gasteiger partial charge in [-0.15, -0.1) is 11.8 Å². The summed E-state index contributed by atoms with van der Waals surface area (Å²) in [5.41, 5.74) is 0.522. The molecule has 0 radical (unpaired) electrons. The predicted molar refractivity (Wildman–Crippen MR) is 82.2 cm³/mol. The SMILES string of the molecule is CCSc1ccccc1NC(=O)c1c(F)cccc1Cl. The molecule has 0 bridgehead atoms. The number of hydrogen-bond donors (Lipinski definition) is 1. The van der Waals surface area contributed by atoms with Gasteiger partial charge in [0, 0.05) is 4.90 Å². The van der Waals surface area contributed by atoms with E-state index in [1.807, 2.05) is 25.1 Å². The van der Waals surface area contributed by atoms with Gasteiger partial charge in [-0.05, 0) is 30.0 Å². The molecule has 1 N–H and O–H groups in total. The number of para-hydroxylation sites is 1. The summed E-state index contributed by atoms with van der Waals surface area (Å²) in [4.78, 5) is 13.1. The van der Waals surface area contributed by atoms with Crippen LogP contribution in [-0.2, 0) is 0 Å². The van der Waals surface area contributed by atoms with Crippen molar-refractivity contribution in [1.29, 1.82) is 0 Å². The topological polar surface area (TPSA) is 29.1 Å². The molecular weight excluding hydrogens is 297 g/mol. The second-order valence-electron chi connectivity index (χ2n) is 3.98. The summed E-state index contributed by atoms with van der Waals surface area (Å²) < 4.78 is 13.7. The molecule has 0 heterocycles. The Morgan fingerprint density at radius 2 is 2.00 bits per heavy atom. The summed E-state index contributed by atoms with van der Waals surface area (Å²) in [6.45, 7) is 2.02. The Balaban J connectivity index is 2.28. The lowest BCUT2D eigenvalue weighted by molar-refractivity contribution is 0.102. The fourth-order valence-corrected chi connectivity index (χ4v) is 2.76. The highest BCUT2D eigenvalue weighted by Crippen LogP contribution is 2.28. The van der Waals surface area contributed by atoms with Gasteiger partial charge >= 0.3 is 0 Å². The zero-order valence-corrected chi connectivity index (χ0v) is 12.4. The van der Waals surface area contributed by atoms with E-state index in [-0.39, 0.29) is 10.6 Å². The van der Waals surface area contributed by atoms with Crippen LogP contribution in [0.1, 0.15) is 17.3 Å². The Hall–Kier alpha value is -1.52. The summed E-state index contributed by atoms with van der Waals surface area (Å²) in [5.74, 6) is -0.291. The maximum atomic E-state index is 13.7. The van der Waals surface area contributed by atoms with Crippen molar-refractivity contribution in [2.75, 3.05) is 11.1 Å². The molecule has 0 aliphatic heterocycles. The molecule has 0 spiro atoms. The largest absolute Gasteiger partial charge is 0.321 e. The zero-order valence-electron chi connectivity index (χ0n) is 10.8. The second kappa shape index (κ2) is 6.77. The molecule has 0 unspecified atom stereocenters. The van der Waals surface area contributed by atoms with Gasteiger partial charge in [0.2, 0.25) is 0 Å². The van der Waals surface area contributed by atoms with Crippen LogP contribution in [0.5, 0.6) is 0 Å². The summed E-state index contributed by atoms with van der Waals surface area (Å²) in [7, 11) is 0. The third kappa shape index (κ3) is 3.32. The van der Waals surface area contributed by atoms with E-state index in [0.717, 1.165) is 10.6 Å². The Morgan fingerprint density at radius 3 is 2.70 bits per heavy atom. The average molecular weight is 310 g/mol. The van der Waals surface area contributed by atoms with E-state index in [2.05, 4.69) is 5.32 Å². The summed E-state index contributed by atoms with van der Waals surface area (Å²) in [5, 5.41) is 2.81. The highest BCUT2D eigenvalue weighted by atomic mass is 35.5. The first kappa shape index (κ1) is 14.9. The number of halogens is 2. The monoisotopic (exact) mass is 309 g/mol. The van der Waals surface area contributed by atoms with E-state index in [9.17, 15) is 9.18 Å². The number of thioether (sulfide) groups is 1. The van der Waals surface area contributed by atoms with Crippen molar-refractivity contribution in [3.05, 3.63) is 58.9 Å². The maximum absolute atomic E-state index is 13.7. The summed E-state index contributed by atoms with van der Waals surface area (Å²) in [6, 6.07) is 11.6. The second-order valence-corrected chi connectivity index (χ2v) is 5.69. The van der Waals surface area contributed by atoms with Crippen LogP contribution in [0.4, 0.5) is 10.1 Å². The van der Waals surface area contributed by atoms with Crippen molar-refractivity contribution in [3.8, 4) is 0 Å². The van der Waals surface area contributed by atoms with Crippen LogP contribution < -0.4 is 5.32 Å². The minimum atomic E-state index is -0.629. The van der Waals surface area contributed by atoms with Crippen molar-refractivity contribution in [1.82, 2.24) is 0 Å². The first-order valence-electron chi connectivity index (χ1n) is 6.10. The summed E-state index contributed by atoms with van der Waals surface area (Å²) in [6.07, 6.45) is 0. The number of rotatable bonds is 4. The third-order valence-corrected chi connectivity index (χ3v) is 3.90. The van der Waals surface area contributed by atoms with Gasteiger partial charge in [-0.2, -0.15) is 0 Å². The Kier molecular flexibility index (Phi) is 5.04. The van der Waals surface area contributed by atoms with Gasteiger partial charge in [-0.1, -0.05) is 36.7 Å². The molecule has 2 aromatic rings. The van der Waals surface area contributed by atoms with Gasteiger partial charge in [-0.25, -0.2) is 4.39 Å². The minimum Gasteiger partial charge on any atom is -0.321 e. The number of anilines is 1. The van der Waals surface area contributed by atoms with Gasteiger partial charge in [0.1, 0.15) is 5.82 Å². The molecule has 1 amide bonds. The number of nitrogens with one attached hydrogen (secondary N) is 1. The molecule has 0 atom stereocenters. The molecule has 20 heavy (non-hydrogen) atoms. The Morgan fingerprint density at radius 1 is 1.25 bits per heavy atom. The average Bonchev–Trinajstić information content (AvgIpc) is 2.41. The van der Waals surface area contributed by atoms with Gasteiger partial charge < -0.3 is 5.32 Å². The molecule has 0 aromatic heterocycles. The van der Waals surface area contributed by atoms with Crippen LogP contribution in [0.3, 0.4) is 0 Å². The van der Waals surface area contributed by atoms with E-state index in [4.69, 9.17) is 11.6 Å². The minimum absolute atomic E-state index is 0.100. The van der Waals surface area contributed by atoms with Crippen LogP contribution in [-0.4, -0.2) is 11.7 Å². The number of carbonyl (C=O) groups excluding carboxylic acids is 1. The number of hydrogen-bond acceptors (Lipinski definition) is 2. The molecule has 2 rings (SSSR count). The Labute approximate surface area is 126 Å². The van der Waals surface area contributed by atoms with Gasteiger partial charge in [0.25, 0.3) is 5.91 Å². The number of amides is 1. The van der Waals surface area contributed by atoms with E-state index in [1.54, 1.807) is 17.8 Å². The van der Waals surface area contributed by atoms with Crippen molar-refractivity contribution < 1.29 is 9.18 Å². The highest BCUT2D eigenvalue weighted by molar-refractivity contribution is 7.99. The first-order valence-corrected chi connectivity index (χ1v) is 7.47. The molecule has 2 aromatic carbocycles. The van der Waals surface area contributed by atoms with Gasteiger partial charge in [-0.3, -0.25) is 4.79 Å². The molecule has 0 fully saturated rings. The lowest BCUT2D eigenvalue weighted by atomic mass is 10.2. The van der Waals surface area contributed by atoms with Crippen LogP contribution in [0.2, 0.25) is 5.02 Å². The molecule has 104 valence electrons. The lowest BCUT2D eigenvalue weighted by Crippen LogP contribution is -2.15. The van der Waals surface area contributed by atoms with Crippen molar-refractivity contribution in [2.45, 2.75) is 11.8 Å². The smallest absolute Gasteiger partial charge is 0.260 e. The van der Waals surface area contributed by atoms with E-state index in [0.29, 0.717) is 5.69 Å². The normalized spacial score (nSPS) is 10.3. The molecule has 0 aliphatic rings. The first-order chi connectivity index (χ1) is 9.63.